The number of thiol groups is 1. The fourth-order valence-corrected chi connectivity index (χ4v) is 1.72. The lowest BCUT2D eigenvalue weighted by atomic mass is 10.1. The number of pyridine rings is 1. The van der Waals surface area contributed by atoms with Gasteiger partial charge in [-0.1, -0.05) is 12.8 Å². The van der Waals surface area contributed by atoms with E-state index in [1.807, 2.05) is 0 Å². The molecular weight excluding hydrogens is 235 g/mol. The molecule has 0 atom stereocenters. The highest BCUT2D eigenvalue weighted by molar-refractivity contribution is 7.78. The van der Waals surface area contributed by atoms with E-state index in [1.54, 1.807) is 0 Å². The first-order chi connectivity index (χ1) is 7.56. The Hall–Kier alpha value is -1.89. The molecule has 7 heteroatoms. The average molecular weight is 240 g/mol. The predicted octanol–water partition coefficient (Wildman–Crippen LogP) is 1.38. The molecule has 0 aliphatic heterocycles. The second kappa shape index (κ2) is 3.60. The minimum Gasteiger partial charge on any atom is -0.478 e. The number of carboxylic acid groups (broad SMARTS) is 1. The quantitative estimate of drug-likeness (QED) is 0.614. The van der Waals surface area contributed by atoms with Crippen LogP contribution in [0.3, 0.4) is 0 Å². The Balaban J connectivity index is 2.99. The summed E-state index contributed by atoms with van der Waals surface area (Å²) in [6.07, 6.45) is 2.28. The molecule has 0 saturated heterocycles. The lowest BCUT2D eigenvalue weighted by Gasteiger charge is -1.98. The van der Waals surface area contributed by atoms with E-state index in [-0.39, 0.29) is 28.4 Å². The van der Waals surface area contributed by atoms with E-state index >= 15 is 0 Å². The Labute approximate surface area is 94.1 Å². The summed E-state index contributed by atoms with van der Waals surface area (Å²) in [5.41, 5.74) is -0.404. The van der Waals surface area contributed by atoms with Gasteiger partial charge in [0.1, 0.15) is 0 Å². The van der Waals surface area contributed by atoms with Gasteiger partial charge >= 0.3 is 5.97 Å². The molecule has 2 heterocycles. The smallest absolute Gasteiger partial charge is 0.338 e. The van der Waals surface area contributed by atoms with Crippen LogP contribution in [0.25, 0.3) is 11.0 Å². The first-order valence-corrected chi connectivity index (χ1v) is 4.53. The minimum atomic E-state index is -1.27. The summed E-state index contributed by atoms with van der Waals surface area (Å²) in [6, 6.07) is 0. The van der Waals surface area contributed by atoms with Gasteiger partial charge in [0.25, 0.3) is 0 Å². The van der Waals surface area contributed by atoms with Crippen LogP contribution in [0, 0.1) is 5.82 Å². The molecule has 0 aliphatic rings. The van der Waals surface area contributed by atoms with Crippen molar-refractivity contribution in [2.45, 2.75) is 0 Å². The van der Waals surface area contributed by atoms with Crippen molar-refractivity contribution in [3.63, 3.8) is 0 Å². The van der Waals surface area contributed by atoms with Crippen LogP contribution in [-0.4, -0.2) is 26.3 Å². The molecule has 2 rings (SSSR count). The summed E-state index contributed by atoms with van der Waals surface area (Å²) in [6.45, 7) is 0. The molecule has 0 bridgehead atoms. The third-order valence-electron chi connectivity index (χ3n) is 2.14. The number of nitrogens with zero attached hydrogens (tertiary/aromatic N) is 2. The molecular formula is C9H5FN2O3S. The van der Waals surface area contributed by atoms with Crippen molar-refractivity contribution >= 4 is 36.1 Å². The molecule has 0 unspecified atom stereocenters. The minimum absolute atomic E-state index is 0.0440. The maximum atomic E-state index is 13.3. The third kappa shape index (κ3) is 1.36. The number of aromatic carboxylic acids is 1. The number of halogens is 1. The molecule has 82 valence electrons. The molecule has 2 aromatic rings. The van der Waals surface area contributed by atoms with Gasteiger partial charge in [-0.3, -0.25) is 8.77 Å². The SMILES string of the molecule is O=Cc1c(F)cnc2c1c(C(=O)O)cn2S. The summed E-state index contributed by atoms with van der Waals surface area (Å²) in [5.74, 6) is -2.13. The summed E-state index contributed by atoms with van der Waals surface area (Å²) in [4.78, 5) is 25.3. The molecule has 0 aliphatic carbocycles. The zero-order chi connectivity index (χ0) is 11.9. The van der Waals surface area contributed by atoms with E-state index in [0.29, 0.717) is 0 Å². The van der Waals surface area contributed by atoms with E-state index in [9.17, 15) is 14.0 Å². The Morgan fingerprint density at radius 1 is 1.62 bits per heavy atom. The van der Waals surface area contributed by atoms with Crippen LogP contribution in [-0.2, 0) is 0 Å². The van der Waals surface area contributed by atoms with Gasteiger partial charge in [0.05, 0.1) is 17.3 Å². The van der Waals surface area contributed by atoms with E-state index in [2.05, 4.69) is 17.8 Å². The second-order valence-corrected chi connectivity index (χ2v) is 3.46. The van der Waals surface area contributed by atoms with Crippen molar-refractivity contribution in [2.24, 2.45) is 0 Å². The number of rotatable bonds is 2. The number of aromatic nitrogens is 2. The third-order valence-corrected chi connectivity index (χ3v) is 2.44. The summed E-state index contributed by atoms with van der Waals surface area (Å²) >= 11 is 3.94. The highest BCUT2D eigenvalue weighted by Gasteiger charge is 2.19. The van der Waals surface area contributed by atoms with Gasteiger partial charge in [-0.25, -0.2) is 14.2 Å². The van der Waals surface area contributed by atoms with Crippen LogP contribution in [0.5, 0.6) is 0 Å². The monoisotopic (exact) mass is 240 g/mol. The van der Waals surface area contributed by atoms with E-state index in [1.165, 1.54) is 0 Å². The highest BCUT2D eigenvalue weighted by atomic mass is 32.1. The van der Waals surface area contributed by atoms with E-state index < -0.39 is 11.8 Å². The summed E-state index contributed by atoms with van der Waals surface area (Å²) in [7, 11) is 0. The topological polar surface area (TPSA) is 72.2 Å². The number of carbonyl (C=O) groups is 2. The number of carboxylic acids is 1. The van der Waals surface area contributed by atoms with Gasteiger partial charge < -0.3 is 5.11 Å². The highest BCUT2D eigenvalue weighted by Crippen LogP contribution is 2.25. The fourth-order valence-electron chi connectivity index (χ4n) is 1.46. The molecule has 1 N–H and O–H groups in total. The Bertz CT molecular complexity index is 608. The van der Waals surface area contributed by atoms with Crippen LogP contribution in [0.2, 0.25) is 0 Å². The molecule has 0 amide bonds. The molecule has 16 heavy (non-hydrogen) atoms. The number of carbonyl (C=O) groups excluding carboxylic acids is 1. The number of fused-ring (bicyclic) bond motifs is 1. The van der Waals surface area contributed by atoms with Crippen LogP contribution in [0.15, 0.2) is 12.4 Å². The van der Waals surface area contributed by atoms with Gasteiger partial charge in [-0.15, -0.1) is 0 Å². The number of aldehydes is 1. The van der Waals surface area contributed by atoms with Gasteiger partial charge in [-0.2, -0.15) is 0 Å². The average Bonchev–Trinajstić information content (AvgIpc) is 2.56. The molecule has 2 aromatic heterocycles. The van der Waals surface area contributed by atoms with E-state index in [4.69, 9.17) is 5.11 Å². The maximum absolute atomic E-state index is 13.3. The van der Waals surface area contributed by atoms with Crippen LogP contribution in [0.4, 0.5) is 4.39 Å². The first kappa shape index (κ1) is 10.6. The lowest BCUT2D eigenvalue weighted by molar-refractivity contribution is 0.0699. The first-order valence-electron chi connectivity index (χ1n) is 4.13. The van der Waals surface area contributed by atoms with Crippen molar-refractivity contribution in [2.75, 3.05) is 0 Å². The van der Waals surface area contributed by atoms with Gasteiger partial charge in [-0.05, 0) is 0 Å². The standard InChI is InChI=1S/C9H5FN2O3S/c10-6-1-11-8-7(5(6)3-13)4(9(14)15)2-12(8)16/h1-3,16H,(H,14,15). The van der Waals surface area contributed by atoms with Crippen molar-refractivity contribution < 1.29 is 19.1 Å². The van der Waals surface area contributed by atoms with Crippen LogP contribution < -0.4 is 0 Å². The molecule has 0 aromatic carbocycles. The van der Waals surface area contributed by atoms with E-state index in [0.717, 1.165) is 16.4 Å². The second-order valence-electron chi connectivity index (χ2n) is 3.03. The molecule has 0 spiro atoms. The number of hydrogen-bond donors (Lipinski definition) is 2. The van der Waals surface area contributed by atoms with Crippen molar-refractivity contribution in [3.8, 4) is 0 Å². The summed E-state index contributed by atoms with van der Waals surface area (Å²) < 4.78 is 14.4. The molecule has 0 fully saturated rings. The van der Waals surface area contributed by atoms with Crippen LogP contribution >= 0.6 is 12.8 Å². The fraction of sp³-hybridized carbons (Fsp3) is 0. The molecule has 0 radical (unpaired) electrons. The zero-order valence-electron chi connectivity index (χ0n) is 7.72. The van der Waals surface area contributed by atoms with Crippen molar-refractivity contribution in [1.29, 1.82) is 0 Å². The lowest BCUT2D eigenvalue weighted by Crippen LogP contribution is -1.98. The number of hydrogen-bond acceptors (Lipinski definition) is 4. The van der Waals surface area contributed by atoms with Crippen molar-refractivity contribution in [3.05, 3.63) is 29.3 Å². The van der Waals surface area contributed by atoms with Gasteiger partial charge in [0.15, 0.2) is 17.8 Å². The van der Waals surface area contributed by atoms with Crippen molar-refractivity contribution in [1.82, 2.24) is 8.96 Å². The molecule has 0 saturated carbocycles. The Morgan fingerprint density at radius 3 is 2.88 bits per heavy atom. The Kier molecular flexibility index (Phi) is 2.39. The largest absolute Gasteiger partial charge is 0.478 e. The van der Waals surface area contributed by atoms with Gasteiger partial charge in [0.2, 0.25) is 0 Å². The molecule has 5 nitrogen and oxygen atoms in total. The van der Waals surface area contributed by atoms with Crippen LogP contribution in [0.1, 0.15) is 20.7 Å². The zero-order valence-corrected chi connectivity index (χ0v) is 8.61. The maximum Gasteiger partial charge on any atom is 0.338 e. The predicted molar refractivity (Wildman–Crippen MR) is 56.4 cm³/mol. The Morgan fingerprint density at radius 2 is 2.31 bits per heavy atom. The normalized spacial score (nSPS) is 10.6. The summed E-state index contributed by atoms with van der Waals surface area (Å²) in [5, 5.41) is 8.85. The van der Waals surface area contributed by atoms with Gasteiger partial charge in [0, 0.05) is 11.6 Å².